The van der Waals surface area contributed by atoms with Crippen molar-refractivity contribution >= 4 is 22.6 Å². The van der Waals surface area contributed by atoms with Gasteiger partial charge in [-0.15, -0.1) is 0 Å². The third-order valence-electron chi connectivity index (χ3n) is 6.26. The van der Waals surface area contributed by atoms with Crippen LogP contribution in [0, 0.1) is 17.8 Å². The first-order chi connectivity index (χ1) is 12.1. The normalized spacial score (nSPS) is 33.8. The molecule has 1 aromatic carbocycles. The Morgan fingerprint density at radius 2 is 1.76 bits per heavy atom. The Bertz CT molecular complexity index is 879. The van der Waals surface area contributed by atoms with Crippen LogP contribution in [0.1, 0.15) is 38.5 Å². The van der Waals surface area contributed by atoms with Crippen LogP contribution in [-0.2, 0) is 0 Å². The van der Waals surface area contributed by atoms with E-state index in [2.05, 4.69) is 5.32 Å². The SMILES string of the molecule is NC(=NC12CC3CC(CC(C3)C1)C2)Nc1ccc2oc(=O)ccc2c1. The van der Waals surface area contributed by atoms with Crippen molar-refractivity contribution < 1.29 is 4.42 Å². The van der Waals surface area contributed by atoms with Crippen molar-refractivity contribution in [3.05, 3.63) is 40.8 Å². The summed E-state index contributed by atoms with van der Waals surface area (Å²) >= 11 is 0. The second kappa shape index (κ2) is 5.35. The van der Waals surface area contributed by atoms with Gasteiger partial charge >= 0.3 is 5.63 Å². The van der Waals surface area contributed by atoms with Gasteiger partial charge in [0.1, 0.15) is 5.58 Å². The smallest absolute Gasteiger partial charge is 0.336 e. The predicted molar refractivity (Wildman–Crippen MR) is 98.6 cm³/mol. The molecule has 4 bridgehead atoms. The zero-order valence-corrected chi connectivity index (χ0v) is 14.2. The third-order valence-corrected chi connectivity index (χ3v) is 6.26. The molecule has 4 saturated carbocycles. The molecule has 0 spiro atoms. The maximum Gasteiger partial charge on any atom is 0.336 e. The summed E-state index contributed by atoms with van der Waals surface area (Å²) in [5, 5.41) is 4.10. The van der Waals surface area contributed by atoms with Crippen LogP contribution in [0.5, 0.6) is 0 Å². The molecule has 6 rings (SSSR count). The Hall–Kier alpha value is -2.30. The van der Waals surface area contributed by atoms with Crippen molar-refractivity contribution in [1.29, 1.82) is 0 Å². The number of anilines is 1. The summed E-state index contributed by atoms with van der Waals surface area (Å²) in [6.45, 7) is 0. The van der Waals surface area contributed by atoms with Gasteiger partial charge in [-0.05, 0) is 80.5 Å². The summed E-state index contributed by atoms with van der Waals surface area (Å²) < 4.78 is 5.17. The molecule has 5 heteroatoms. The molecular weight excluding hydrogens is 314 g/mol. The Morgan fingerprint density at radius 1 is 1.08 bits per heavy atom. The van der Waals surface area contributed by atoms with Gasteiger partial charge in [0.25, 0.3) is 0 Å². The second-order valence-corrected chi connectivity index (χ2v) is 8.27. The minimum atomic E-state index is -0.337. The quantitative estimate of drug-likeness (QED) is 0.499. The number of fused-ring (bicyclic) bond motifs is 1. The number of benzene rings is 1. The predicted octanol–water partition coefficient (Wildman–Crippen LogP) is 3.49. The number of nitrogens with two attached hydrogens (primary N) is 1. The van der Waals surface area contributed by atoms with E-state index in [1.54, 1.807) is 12.1 Å². The van der Waals surface area contributed by atoms with E-state index in [0.29, 0.717) is 11.5 Å². The number of guanidine groups is 1. The van der Waals surface area contributed by atoms with Crippen molar-refractivity contribution in [3.63, 3.8) is 0 Å². The van der Waals surface area contributed by atoms with Gasteiger partial charge in [-0.3, -0.25) is 0 Å². The maximum atomic E-state index is 11.3. The van der Waals surface area contributed by atoms with Crippen LogP contribution in [0.4, 0.5) is 5.69 Å². The fourth-order valence-corrected chi connectivity index (χ4v) is 5.78. The van der Waals surface area contributed by atoms with Crippen LogP contribution >= 0.6 is 0 Å². The van der Waals surface area contributed by atoms with Crippen LogP contribution in [0.15, 0.2) is 44.5 Å². The second-order valence-electron chi connectivity index (χ2n) is 8.27. The van der Waals surface area contributed by atoms with Crippen molar-refractivity contribution in [2.75, 3.05) is 5.32 Å². The molecule has 1 heterocycles. The first-order valence-electron chi connectivity index (χ1n) is 9.23. The van der Waals surface area contributed by atoms with Gasteiger partial charge in [-0.25, -0.2) is 9.79 Å². The molecule has 2 aromatic rings. The standard InChI is InChI=1S/C20H23N3O2/c21-19(22-16-2-3-17-15(8-16)1-4-18(24)25-17)23-20-9-12-5-13(10-20)7-14(6-12)11-20/h1-4,8,12-14H,5-7,9-11H2,(H3,21,22,23). The molecule has 0 saturated heterocycles. The molecule has 0 unspecified atom stereocenters. The molecule has 4 aliphatic carbocycles. The van der Waals surface area contributed by atoms with Gasteiger partial charge < -0.3 is 15.5 Å². The van der Waals surface area contributed by atoms with E-state index >= 15 is 0 Å². The first-order valence-corrected chi connectivity index (χ1v) is 9.23. The average Bonchev–Trinajstić information content (AvgIpc) is 2.53. The zero-order chi connectivity index (χ0) is 17.0. The zero-order valence-electron chi connectivity index (χ0n) is 14.2. The molecule has 130 valence electrons. The summed E-state index contributed by atoms with van der Waals surface area (Å²) in [6, 6.07) is 8.78. The summed E-state index contributed by atoms with van der Waals surface area (Å²) in [4.78, 5) is 16.2. The maximum absolute atomic E-state index is 11.3. The molecule has 4 fully saturated rings. The van der Waals surface area contributed by atoms with Gasteiger partial charge in [0.05, 0.1) is 5.54 Å². The highest BCUT2D eigenvalue weighted by Crippen LogP contribution is 2.57. The number of rotatable bonds is 2. The van der Waals surface area contributed by atoms with Crippen LogP contribution < -0.4 is 16.7 Å². The van der Waals surface area contributed by atoms with E-state index in [1.165, 1.54) is 44.6 Å². The average molecular weight is 337 g/mol. The summed E-state index contributed by atoms with van der Waals surface area (Å²) in [6.07, 6.45) is 7.80. The molecule has 0 aliphatic heterocycles. The van der Waals surface area contributed by atoms with Crippen LogP contribution in [0.25, 0.3) is 11.0 Å². The Labute approximate surface area is 146 Å². The fraction of sp³-hybridized carbons (Fsp3) is 0.500. The molecule has 1 aromatic heterocycles. The number of nitrogens with zero attached hydrogens (tertiary/aromatic N) is 1. The number of nitrogens with one attached hydrogen (secondary N) is 1. The number of hydrogen-bond donors (Lipinski definition) is 2. The van der Waals surface area contributed by atoms with E-state index in [9.17, 15) is 4.79 Å². The minimum Gasteiger partial charge on any atom is -0.423 e. The number of hydrogen-bond acceptors (Lipinski definition) is 3. The van der Waals surface area contributed by atoms with Gasteiger partial charge in [0.2, 0.25) is 0 Å². The highest BCUT2D eigenvalue weighted by molar-refractivity contribution is 5.94. The van der Waals surface area contributed by atoms with Crippen LogP contribution in [0.3, 0.4) is 0 Å². The molecule has 5 nitrogen and oxygen atoms in total. The molecule has 0 atom stereocenters. The topological polar surface area (TPSA) is 80.6 Å². The van der Waals surface area contributed by atoms with Crippen molar-refractivity contribution in [1.82, 2.24) is 0 Å². The summed E-state index contributed by atoms with van der Waals surface area (Å²) in [5.41, 5.74) is 7.44. The van der Waals surface area contributed by atoms with E-state index in [0.717, 1.165) is 28.8 Å². The van der Waals surface area contributed by atoms with E-state index in [4.69, 9.17) is 15.1 Å². The Morgan fingerprint density at radius 3 is 2.44 bits per heavy atom. The lowest BCUT2D eigenvalue weighted by molar-refractivity contribution is 0.00164. The minimum absolute atomic E-state index is 0.0650. The van der Waals surface area contributed by atoms with Gasteiger partial charge in [0, 0.05) is 17.1 Å². The van der Waals surface area contributed by atoms with Crippen LogP contribution in [0.2, 0.25) is 0 Å². The number of aliphatic imine (C=N–C) groups is 1. The Balaban J connectivity index is 1.39. The highest BCUT2D eigenvalue weighted by Gasteiger charge is 2.51. The van der Waals surface area contributed by atoms with Crippen molar-refractivity contribution in [2.24, 2.45) is 28.5 Å². The van der Waals surface area contributed by atoms with Crippen LogP contribution in [-0.4, -0.2) is 11.5 Å². The van der Waals surface area contributed by atoms with Gasteiger partial charge in [-0.1, -0.05) is 0 Å². The lowest BCUT2D eigenvalue weighted by Gasteiger charge is -2.54. The first kappa shape index (κ1) is 15.0. The molecule has 0 amide bonds. The van der Waals surface area contributed by atoms with Gasteiger partial charge in [0.15, 0.2) is 5.96 Å². The molecule has 25 heavy (non-hydrogen) atoms. The molecule has 3 N–H and O–H groups in total. The molecular formula is C20H23N3O2. The van der Waals surface area contributed by atoms with Gasteiger partial charge in [-0.2, -0.15) is 0 Å². The van der Waals surface area contributed by atoms with Crippen molar-refractivity contribution in [3.8, 4) is 0 Å². The largest absolute Gasteiger partial charge is 0.423 e. The molecule has 0 radical (unpaired) electrons. The summed E-state index contributed by atoms with van der Waals surface area (Å²) in [5.74, 6) is 3.06. The lowest BCUT2D eigenvalue weighted by Crippen LogP contribution is -2.50. The fourth-order valence-electron chi connectivity index (χ4n) is 5.78. The Kier molecular flexibility index (Phi) is 3.21. The summed E-state index contributed by atoms with van der Waals surface area (Å²) in [7, 11) is 0. The van der Waals surface area contributed by atoms with Crippen molar-refractivity contribution in [2.45, 2.75) is 44.1 Å². The molecule has 4 aliphatic rings. The van der Waals surface area contributed by atoms with E-state index in [-0.39, 0.29) is 11.2 Å². The van der Waals surface area contributed by atoms with E-state index < -0.39 is 0 Å². The lowest BCUT2D eigenvalue weighted by atomic mass is 9.53. The third kappa shape index (κ3) is 2.71. The highest BCUT2D eigenvalue weighted by atomic mass is 16.4. The monoisotopic (exact) mass is 337 g/mol. The van der Waals surface area contributed by atoms with E-state index in [1.807, 2.05) is 12.1 Å².